The molecular formula is C18H20N2O3S. The number of benzene rings is 1. The lowest BCUT2D eigenvalue weighted by Crippen LogP contribution is -2.51. The molecule has 1 saturated heterocycles. The van der Waals surface area contributed by atoms with Crippen molar-refractivity contribution in [3.05, 3.63) is 52.2 Å². The van der Waals surface area contributed by atoms with Crippen LogP contribution in [-0.4, -0.2) is 48.4 Å². The van der Waals surface area contributed by atoms with Crippen molar-refractivity contribution in [1.82, 2.24) is 9.80 Å². The molecule has 0 saturated carbocycles. The zero-order valence-corrected chi connectivity index (χ0v) is 14.6. The standard InChI is InChI=1S/C18H20N2O3S/c1-13(21)20-9-8-19(18(22)15-7-10-24-12-15)11-17(20)14-3-5-16(23-2)6-4-14/h3-7,10,12,17H,8-9,11H2,1-2H3. The van der Waals surface area contributed by atoms with Gasteiger partial charge in [-0.3, -0.25) is 9.59 Å². The third-order valence-corrected chi connectivity index (χ3v) is 5.02. The highest BCUT2D eigenvalue weighted by Gasteiger charge is 2.32. The second-order valence-corrected chi connectivity index (χ2v) is 6.54. The van der Waals surface area contributed by atoms with Crippen LogP contribution in [0.25, 0.3) is 0 Å². The molecule has 1 aromatic carbocycles. The summed E-state index contributed by atoms with van der Waals surface area (Å²) in [7, 11) is 1.62. The van der Waals surface area contributed by atoms with Crippen molar-refractivity contribution in [3.63, 3.8) is 0 Å². The van der Waals surface area contributed by atoms with E-state index in [0.29, 0.717) is 25.2 Å². The lowest BCUT2D eigenvalue weighted by atomic mass is 10.0. The normalized spacial score (nSPS) is 17.7. The fourth-order valence-electron chi connectivity index (χ4n) is 3.02. The summed E-state index contributed by atoms with van der Waals surface area (Å²) in [6.45, 7) is 3.18. The van der Waals surface area contributed by atoms with Gasteiger partial charge in [0.15, 0.2) is 0 Å². The van der Waals surface area contributed by atoms with E-state index in [0.717, 1.165) is 11.3 Å². The van der Waals surface area contributed by atoms with Crippen LogP contribution in [0.3, 0.4) is 0 Å². The summed E-state index contributed by atoms with van der Waals surface area (Å²) in [5, 5.41) is 3.77. The first kappa shape index (κ1) is 16.5. The number of nitrogens with zero attached hydrogens (tertiary/aromatic N) is 2. The highest BCUT2D eigenvalue weighted by Crippen LogP contribution is 2.28. The van der Waals surface area contributed by atoms with Gasteiger partial charge in [0, 0.05) is 31.9 Å². The predicted octanol–water partition coefficient (Wildman–Crippen LogP) is 2.80. The number of hydrogen-bond donors (Lipinski definition) is 0. The lowest BCUT2D eigenvalue weighted by molar-refractivity contribution is -0.133. The Labute approximate surface area is 145 Å². The highest BCUT2D eigenvalue weighted by atomic mass is 32.1. The van der Waals surface area contributed by atoms with Crippen LogP contribution in [0.15, 0.2) is 41.1 Å². The minimum atomic E-state index is -0.134. The number of carbonyl (C=O) groups excluding carboxylic acids is 2. The zero-order valence-electron chi connectivity index (χ0n) is 13.8. The summed E-state index contributed by atoms with van der Waals surface area (Å²) in [5.41, 5.74) is 1.72. The Hall–Kier alpha value is -2.34. The van der Waals surface area contributed by atoms with Crippen LogP contribution in [-0.2, 0) is 4.79 Å². The monoisotopic (exact) mass is 344 g/mol. The molecule has 1 unspecified atom stereocenters. The molecule has 1 aliphatic heterocycles. The topological polar surface area (TPSA) is 49.9 Å². The second-order valence-electron chi connectivity index (χ2n) is 5.76. The molecule has 1 atom stereocenters. The van der Waals surface area contributed by atoms with Crippen molar-refractivity contribution in [2.45, 2.75) is 13.0 Å². The van der Waals surface area contributed by atoms with Gasteiger partial charge in [-0.15, -0.1) is 0 Å². The first-order chi connectivity index (χ1) is 11.6. The molecule has 3 rings (SSSR count). The molecule has 2 heterocycles. The summed E-state index contributed by atoms with van der Waals surface area (Å²) in [4.78, 5) is 28.3. The van der Waals surface area contributed by atoms with Crippen molar-refractivity contribution in [2.75, 3.05) is 26.7 Å². The van der Waals surface area contributed by atoms with Crippen LogP contribution < -0.4 is 4.74 Å². The molecule has 126 valence electrons. The van der Waals surface area contributed by atoms with Crippen molar-refractivity contribution in [2.24, 2.45) is 0 Å². The highest BCUT2D eigenvalue weighted by molar-refractivity contribution is 7.08. The minimum absolute atomic E-state index is 0.0259. The van der Waals surface area contributed by atoms with E-state index in [4.69, 9.17) is 4.74 Å². The minimum Gasteiger partial charge on any atom is -0.497 e. The van der Waals surface area contributed by atoms with Crippen LogP contribution >= 0.6 is 11.3 Å². The maximum Gasteiger partial charge on any atom is 0.254 e. The number of carbonyl (C=O) groups is 2. The van der Waals surface area contributed by atoms with Crippen LogP contribution in [0.2, 0.25) is 0 Å². The number of piperazine rings is 1. The molecular weight excluding hydrogens is 324 g/mol. The van der Waals surface area contributed by atoms with Crippen LogP contribution in [0, 0.1) is 0 Å². The van der Waals surface area contributed by atoms with Gasteiger partial charge >= 0.3 is 0 Å². The molecule has 6 heteroatoms. The molecule has 24 heavy (non-hydrogen) atoms. The summed E-state index contributed by atoms with van der Waals surface area (Å²) >= 11 is 1.51. The number of ether oxygens (including phenoxy) is 1. The average molecular weight is 344 g/mol. The Balaban J connectivity index is 1.84. The van der Waals surface area contributed by atoms with E-state index in [2.05, 4.69) is 0 Å². The Bertz CT molecular complexity index is 712. The zero-order chi connectivity index (χ0) is 17.1. The molecule has 1 fully saturated rings. The van der Waals surface area contributed by atoms with Gasteiger partial charge in [0.25, 0.3) is 5.91 Å². The van der Waals surface area contributed by atoms with Gasteiger partial charge in [0.2, 0.25) is 5.91 Å². The maximum atomic E-state index is 12.6. The van der Waals surface area contributed by atoms with E-state index in [1.165, 1.54) is 11.3 Å². The maximum absolute atomic E-state index is 12.6. The molecule has 0 aliphatic carbocycles. The third kappa shape index (κ3) is 3.28. The number of rotatable bonds is 3. The number of hydrogen-bond acceptors (Lipinski definition) is 4. The van der Waals surface area contributed by atoms with Crippen molar-refractivity contribution in [3.8, 4) is 5.75 Å². The van der Waals surface area contributed by atoms with Crippen LogP contribution in [0.4, 0.5) is 0 Å². The van der Waals surface area contributed by atoms with Crippen molar-refractivity contribution >= 4 is 23.2 Å². The summed E-state index contributed by atoms with van der Waals surface area (Å²) in [6, 6.07) is 9.38. The van der Waals surface area contributed by atoms with Crippen molar-refractivity contribution in [1.29, 1.82) is 0 Å². The number of methoxy groups -OCH3 is 1. The first-order valence-electron chi connectivity index (χ1n) is 7.83. The van der Waals surface area contributed by atoms with Gasteiger partial charge in [-0.25, -0.2) is 0 Å². The smallest absolute Gasteiger partial charge is 0.254 e. The van der Waals surface area contributed by atoms with E-state index < -0.39 is 0 Å². The molecule has 0 bridgehead atoms. The lowest BCUT2D eigenvalue weighted by Gasteiger charge is -2.41. The summed E-state index contributed by atoms with van der Waals surface area (Å²) in [5.74, 6) is 0.826. The molecule has 2 aromatic rings. The SMILES string of the molecule is COc1ccc(C2CN(C(=O)c3ccsc3)CCN2C(C)=O)cc1. The molecule has 0 spiro atoms. The fourth-order valence-corrected chi connectivity index (χ4v) is 3.65. The van der Waals surface area contributed by atoms with E-state index in [1.807, 2.05) is 50.9 Å². The Morgan fingerprint density at radius 1 is 1.17 bits per heavy atom. The fraction of sp³-hybridized carbons (Fsp3) is 0.333. The molecule has 1 aliphatic rings. The largest absolute Gasteiger partial charge is 0.497 e. The Kier molecular flexibility index (Phi) is 4.85. The van der Waals surface area contributed by atoms with Gasteiger partial charge in [0.1, 0.15) is 5.75 Å². The molecule has 0 N–H and O–H groups in total. The number of amides is 2. The van der Waals surface area contributed by atoms with E-state index in [9.17, 15) is 9.59 Å². The summed E-state index contributed by atoms with van der Waals surface area (Å²) < 4.78 is 5.20. The average Bonchev–Trinajstić information content (AvgIpc) is 3.15. The van der Waals surface area contributed by atoms with E-state index >= 15 is 0 Å². The van der Waals surface area contributed by atoms with Gasteiger partial charge in [-0.05, 0) is 29.1 Å². The first-order valence-corrected chi connectivity index (χ1v) is 8.77. The van der Waals surface area contributed by atoms with Gasteiger partial charge in [-0.2, -0.15) is 11.3 Å². The Morgan fingerprint density at radius 3 is 2.50 bits per heavy atom. The third-order valence-electron chi connectivity index (χ3n) is 4.34. The van der Waals surface area contributed by atoms with Gasteiger partial charge < -0.3 is 14.5 Å². The molecule has 5 nitrogen and oxygen atoms in total. The number of thiophene rings is 1. The predicted molar refractivity (Wildman–Crippen MR) is 93.3 cm³/mol. The molecule has 0 radical (unpaired) electrons. The van der Waals surface area contributed by atoms with Crippen LogP contribution in [0.1, 0.15) is 28.9 Å². The van der Waals surface area contributed by atoms with E-state index in [-0.39, 0.29) is 17.9 Å². The summed E-state index contributed by atoms with van der Waals surface area (Å²) in [6.07, 6.45) is 0. The quantitative estimate of drug-likeness (QED) is 0.860. The van der Waals surface area contributed by atoms with Gasteiger partial charge in [-0.1, -0.05) is 12.1 Å². The second kappa shape index (κ2) is 7.05. The molecule has 2 amide bonds. The van der Waals surface area contributed by atoms with Crippen molar-refractivity contribution < 1.29 is 14.3 Å². The Morgan fingerprint density at radius 2 is 1.92 bits per heavy atom. The van der Waals surface area contributed by atoms with E-state index in [1.54, 1.807) is 14.0 Å². The molecule has 1 aromatic heterocycles. The van der Waals surface area contributed by atoms with Crippen LogP contribution in [0.5, 0.6) is 5.75 Å². The van der Waals surface area contributed by atoms with Gasteiger partial charge in [0.05, 0.1) is 18.7 Å².